The van der Waals surface area contributed by atoms with Gasteiger partial charge in [-0.2, -0.15) is 10.2 Å². The van der Waals surface area contributed by atoms with Crippen molar-refractivity contribution in [2.45, 2.75) is 6.92 Å². The SMILES string of the molecule is Cc1ccccc1C(=O)N/N=C\c1cnn(-c2ccccc2)c1. The van der Waals surface area contributed by atoms with Gasteiger partial charge < -0.3 is 0 Å². The lowest BCUT2D eigenvalue weighted by Gasteiger charge is -2.02. The highest BCUT2D eigenvalue weighted by Crippen LogP contribution is 2.07. The molecular weight excluding hydrogens is 288 g/mol. The number of nitrogens with zero attached hydrogens (tertiary/aromatic N) is 3. The summed E-state index contributed by atoms with van der Waals surface area (Å²) in [6, 6.07) is 17.2. The molecule has 0 aliphatic carbocycles. The second-order valence-electron chi connectivity index (χ2n) is 5.07. The van der Waals surface area contributed by atoms with Crippen molar-refractivity contribution in [3.8, 4) is 5.69 Å². The Kier molecular flexibility index (Phi) is 4.29. The predicted molar refractivity (Wildman–Crippen MR) is 89.8 cm³/mol. The Morgan fingerprint density at radius 2 is 1.87 bits per heavy atom. The number of amides is 1. The molecule has 0 saturated carbocycles. The quantitative estimate of drug-likeness (QED) is 0.595. The Morgan fingerprint density at radius 1 is 1.13 bits per heavy atom. The third kappa shape index (κ3) is 3.52. The standard InChI is InChI=1S/C18H16N4O/c1-14-7-5-6-10-17(14)18(23)21-19-11-15-12-20-22(13-15)16-8-3-2-4-9-16/h2-13H,1H3,(H,21,23)/b19-11-. The average molecular weight is 304 g/mol. The van der Waals surface area contributed by atoms with Crippen molar-refractivity contribution in [2.75, 3.05) is 0 Å². The average Bonchev–Trinajstić information content (AvgIpc) is 3.05. The van der Waals surface area contributed by atoms with Crippen molar-refractivity contribution >= 4 is 12.1 Å². The van der Waals surface area contributed by atoms with Crippen LogP contribution < -0.4 is 5.43 Å². The molecule has 0 radical (unpaired) electrons. The number of benzene rings is 2. The zero-order chi connectivity index (χ0) is 16.1. The van der Waals surface area contributed by atoms with Crippen molar-refractivity contribution in [1.29, 1.82) is 0 Å². The van der Waals surface area contributed by atoms with Crippen LogP contribution in [0.5, 0.6) is 0 Å². The number of carbonyl (C=O) groups is 1. The van der Waals surface area contributed by atoms with Gasteiger partial charge in [0, 0.05) is 17.3 Å². The molecule has 114 valence electrons. The topological polar surface area (TPSA) is 59.3 Å². The van der Waals surface area contributed by atoms with Crippen LogP contribution in [-0.2, 0) is 0 Å². The van der Waals surface area contributed by atoms with Gasteiger partial charge in [-0.1, -0.05) is 36.4 Å². The van der Waals surface area contributed by atoms with E-state index in [4.69, 9.17) is 0 Å². The fourth-order valence-electron chi connectivity index (χ4n) is 2.18. The number of hydrazone groups is 1. The van der Waals surface area contributed by atoms with E-state index < -0.39 is 0 Å². The van der Waals surface area contributed by atoms with Crippen LogP contribution in [0.4, 0.5) is 0 Å². The molecule has 0 aliphatic rings. The van der Waals surface area contributed by atoms with E-state index in [0.29, 0.717) is 5.56 Å². The van der Waals surface area contributed by atoms with Crippen molar-refractivity contribution in [3.05, 3.63) is 83.7 Å². The lowest BCUT2D eigenvalue weighted by Crippen LogP contribution is -2.18. The maximum Gasteiger partial charge on any atom is 0.271 e. The number of carbonyl (C=O) groups excluding carboxylic acids is 1. The lowest BCUT2D eigenvalue weighted by atomic mass is 10.1. The number of rotatable bonds is 4. The Hall–Kier alpha value is -3.21. The molecule has 0 aliphatic heterocycles. The Balaban J connectivity index is 1.66. The van der Waals surface area contributed by atoms with E-state index in [9.17, 15) is 4.79 Å². The van der Waals surface area contributed by atoms with Crippen LogP contribution in [0.1, 0.15) is 21.5 Å². The van der Waals surface area contributed by atoms with Crippen LogP contribution in [0.25, 0.3) is 5.69 Å². The fraction of sp³-hybridized carbons (Fsp3) is 0.0556. The van der Waals surface area contributed by atoms with Crippen LogP contribution in [0.15, 0.2) is 72.1 Å². The number of aryl methyl sites for hydroxylation is 1. The zero-order valence-corrected chi connectivity index (χ0v) is 12.7. The van der Waals surface area contributed by atoms with Gasteiger partial charge in [0.2, 0.25) is 0 Å². The number of nitrogens with one attached hydrogen (secondary N) is 1. The largest absolute Gasteiger partial charge is 0.271 e. The van der Waals surface area contributed by atoms with Gasteiger partial charge in [-0.05, 0) is 30.7 Å². The van der Waals surface area contributed by atoms with Crippen molar-refractivity contribution in [1.82, 2.24) is 15.2 Å². The monoisotopic (exact) mass is 304 g/mol. The molecule has 3 rings (SSSR count). The van der Waals surface area contributed by atoms with Crippen molar-refractivity contribution < 1.29 is 4.79 Å². The second-order valence-corrected chi connectivity index (χ2v) is 5.07. The van der Waals surface area contributed by atoms with E-state index in [0.717, 1.165) is 16.8 Å². The van der Waals surface area contributed by atoms with Crippen LogP contribution in [0.3, 0.4) is 0 Å². The molecule has 5 nitrogen and oxygen atoms in total. The molecule has 2 aromatic carbocycles. The van der Waals surface area contributed by atoms with Crippen molar-refractivity contribution in [2.24, 2.45) is 5.10 Å². The molecule has 0 spiro atoms. The molecule has 0 atom stereocenters. The minimum absolute atomic E-state index is 0.227. The summed E-state index contributed by atoms with van der Waals surface area (Å²) in [5, 5.41) is 8.26. The fourth-order valence-corrected chi connectivity index (χ4v) is 2.18. The maximum atomic E-state index is 12.0. The van der Waals surface area contributed by atoms with Crippen molar-refractivity contribution in [3.63, 3.8) is 0 Å². The summed E-state index contributed by atoms with van der Waals surface area (Å²) in [5.41, 5.74) is 5.83. The molecule has 3 aromatic rings. The summed E-state index contributed by atoms with van der Waals surface area (Å²) >= 11 is 0. The number of aromatic nitrogens is 2. The third-order valence-electron chi connectivity index (χ3n) is 3.39. The third-order valence-corrected chi connectivity index (χ3v) is 3.39. The first-order valence-corrected chi connectivity index (χ1v) is 7.23. The first-order valence-electron chi connectivity index (χ1n) is 7.23. The summed E-state index contributed by atoms with van der Waals surface area (Å²) in [7, 11) is 0. The van der Waals surface area contributed by atoms with Gasteiger partial charge in [0.15, 0.2) is 0 Å². The molecule has 1 amide bonds. The van der Waals surface area contributed by atoms with Crippen LogP contribution >= 0.6 is 0 Å². The summed E-state index contributed by atoms with van der Waals surface area (Å²) in [6.07, 6.45) is 5.11. The summed E-state index contributed by atoms with van der Waals surface area (Å²) in [4.78, 5) is 12.0. The van der Waals surface area contributed by atoms with Gasteiger partial charge in [0.25, 0.3) is 5.91 Å². The zero-order valence-electron chi connectivity index (χ0n) is 12.7. The van der Waals surface area contributed by atoms with E-state index in [-0.39, 0.29) is 5.91 Å². The van der Waals surface area contributed by atoms with E-state index in [2.05, 4.69) is 15.6 Å². The van der Waals surface area contributed by atoms with Gasteiger partial charge >= 0.3 is 0 Å². The van der Waals surface area contributed by atoms with E-state index in [1.165, 1.54) is 0 Å². The molecule has 5 heteroatoms. The highest BCUT2D eigenvalue weighted by molar-refractivity contribution is 5.96. The first kappa shape index (κ1) is 14.7. The van der Waals surface area contributed by atoms with Crippen LogP contribution in [0.2, 0.25) is 0 Å². The molecule has 0 saturated heterocycles. The number of hydrogen-bond donors (Lipinski definition) is 1. The Bertz CT molecular complexity index is 837. The molecule has 23 heavy (non-hydrogen) atoms. The van der Waals surface area contributed by atoms with Crippen LogP contribution in [-0.4, -0.2) is 21.9 Å². The molecule has 1 N–H and O–H groups in total. The summed E-state index contributed by atoms with van der Waals surface area (Å²) < 4.78 is 1.75. The maximum absolute atomic E-state index is 12.0. The molecule has 1 heterocycles. The van der Waals surface area contributed by atoms with E-state index in [1.54, 1.807) is 23.2 Å². The molecular formula is C18H16N4O. The van der Waals surface area contributed by atoms with Crippen LogP contribution in [0, 0.1) is 6.92 Å². The highest BCUT2D eigenvalue weighted by Gasteiger charge is 2.06. The second kappa shape index (κ2) is 6.70. The smallest absolute Gasteiger partial charge is 0.267 e. The van der Waals surface area contributed by atoms with Gasteiger partial charge in [-0.3, -0.25) is 4.79 Å². The van der Waals surface area contributed by atoms with Gasteiger partial charge in [-0.25, -0.2) is 10.1 Å². The van der Waals surface area contributed by atoms with Gasteiger partial charge in [0.05, 0.1) is 18.1 Å². The van der Waals surface area contributed by atoms with E-state index >= 15 is 0 Å². The predicted octanol–water partition coefficient (Wildman–Crippen LogP) is 2.94. The molecule has 0 unspecified atom stereocenters. The molecule has 0 fully saturated rings. The first-order chi connectivity index (χ1) is 11.2. The summed E-state index contributed by atoms with van der Waals surface area (Å²) in [6.45, 7) is 1.89. The van der Waals surface area contributed by atoms with E-state index in [1.807, 2.05) is 61.7 Å². The molecule has 1 aromatic heterocycles. The number of hydrogen-bond acceptors (Lipinski definition) is 3. The molecule has 0 bridgehead atoms. The highest BCUT2D eigenvalue weighted by atomic mass is 16.2. The minimum Gasteiger partial charge on any atom is -0.267 e. The lowest BCUT2D eigenvalue weighted by molar-refractivity contribution is 0.0954. The number of para-hydroxylation sites is 1. The van der Waals surface area contributed by atoms with Gasteiger partial charge in [0.1, 0.15) is 0 Å². The minimum atomic E-state index is -0.227. The summed E-state index contributed by atoms with van der Waals surface area (Å²) in [5.74, 6) is -0.227. The Morgan fingerprint density at radius 3 is 2.65 bits per heavy atom. The normalized spacial score (nSPS) is 10.8. The van der Waals surface area contributed by atoms with Gasteiger partial charge in [-0.15, -0.1) is 0 Å². The Labute approximate surface area is 134 Å².